The molecule has 1 aromatic rings. The van der Waals surface area contributed by atoms with Crippen molar-refractivity contribution in [1.82, 2.24) is 9.80 Å². The van der Waals surface area contributed by atoms with Crippen LogP contribution in [0.25, 0.3) is 0 Å². The van der Waals surface area contributed by atoms with Crippen LogP contribution in [0.1, 0.15) is 32.1 Å². The molecule has 23 heavy (non-hydrogen) atoms. The highest BCUT2D eigenvalue weighted by Crippen LogP contribution is 2.24. The van der Waals surface area contributed by atoms with Crippen LogP contribution < -0.4 is 5.32 Å². The maximum Gasteiger partial charge on any atom is 0.321 e. The minimum Gasteiger partial charge on any atom is -0.322 e. The molecule has 1 N–H and O–H groups in total. The van der Waals surface area contributed by atoms with E-state index in [1.165, 1.54) is 50.3 Å². The first-order valence-electron chi connectivity index (χ1n) is 8.38. The van der Waals surface area contributed by atoms with Gasteiger partial charge in [0.25, 0.3) is 0 Å². The molecular formula is C17H23ClFN3O. The van der Waals surface area contributed by atoms with Crippen LogP contribution in [0.2, 0.25) is 5.02 Å². The molecule has 0 unspecified atom stereocenters. The van der Waals surface area contributed by atoms with Gasteiger partial charge in [0, 0.05) is 37.9 Å². The molecule has 1 aromatic carbocycles. The zero-order chi connectivity index (χ0) is 16.2. The van der Waals surface area contributed by atoms with Crippen molar-refractivity contribution in [2.24, 2.45) is 0 Å². The second kappa shape index (κ2) is 7.49. The fourth-order valence-corrected chi connectivity index (χ4v) is 3.69. The van der Waals surface area contributed by atoms with Gasteiger partial charge in [-0.1, -0.05) is 30.9 Å². The summed E-state index contributed by atoms with van der Waals surface area (Å²) in [5, 5.41) is 2.81. The van der Waals surface area contributed by atoms with E-state index in [4.69, 9.17) is 11.6 Å². The highest BCUT2D eigenvalue weighted by Gasteiger charge is 2.27. The molecule has 0 radical (unpaired) electrons. The number of hydrogen-bond donors (Lipinski definition) is 1. The monoisotopic (exact) mass is 339 g/mol. The number of halogens is 2. The minimum absolute atomic E-state index is 0.0184. The molecule has 3 rings (SSSR count). The molecule has 126 valence electrons. The first-order chi connectivity index (χ1) is 11.1. The summed E-state index contributed by atoms with van der Waals surface area (Å²) in [4.78, 5) is 16.6. The number of rotatable bonds is 2. The van der Waals surface area contributed by atoms with Gasteiger partial charge in [-0.15, -0.1) is 0 Å². The lowest BCUT2D eigenvalue weighted by Gasteiger charge is -2.40. The van der Waals surface area contributed by atoms with Crippen LogP contribution in [0.4, 0.5) is 14.9 Å². The molecular weight excluding hydrogens is 317 g/mol. The fraction of sp³-hybridized carbons (Fsp3) is 0.588. The fourth-order valence-electron chi connectivity index (χ4n) is 3.51. The highest BCUT2D eigenvalue weighted by molar-refractivity contribution is 6.31. The maximum atomic E-state index is 13.2. The van der Waals surface area contributed by atoms with Gasteiger partial charge in [0.1, 0.15) is 5.82 Å². The van der Waals surface area contributed by atoms with Gasteiger partial charge in [-0.2, -0.15) is 0 Å². The van der Waals surface area contributed by atoms with E-state index in [9.17, 15) is 9.18 Å². The first-order valence-corrected chi connectivity index (χ1v) is 8.76. The van der Waals surface area contributed by atoms with Crippen LogP contribution in [0.3, 0.4) is 0 Å². The van der Waals surface area contributed by atoms with Crippen LogP contribution in [-0.4, -0.2) is 48.1 Å². The van der Waals surface area contributed by atoms with E-state index >= 15 is 0 Å². The van der Waals surface area contributed by atoms with Crippen molar-refractivity contribution in [3.63, 3.8) is 0 Å². The third-order valence-corrected chi connectivity index (χ3v) is 5.15. The third-order valence-electron chi connectivity index (χ3n) is 4.86. The van der Waals surface area contributed by atoms with Gasteiger partial charge in [0.2, 0.25) is 0 Å². The van der Waals surface area contributed by atoms with E-state index in [0.717, 1.165) is 26.2 Å². The van der Waals surface area contributed by atoms with Crippen LogP contribution in [0.5, 0.6) is 0 Å². The van der Waals surface area contributed by atoms with E-state index < -0.39 is 5.82 Å². The van der Waals surface area contributed by atoms with E-state index in [1.807, 2.05) is 4.90 Å². The van der Waals surface area contributed by atoms with E-state index in [1.54, 1.807) is 0 Å². The summed E-state index contributed by atoms with van der Waals surface area (Å²) in [6, 6.07) is 4.78. The molecule has 0 aromatic heterocycles. The number of amides is 2. The van der Waals surface area contributed by atoms with E-state index in [-0.39, 0.29) is 11.1 Å². The molecule has 1 saturated heterocycles. The molecule has 2 aliphatic rings. The number of hydrogen-bond acceptors (Lipinski definition) is 2. The molecule has 1 aliphatic carbocycles. The Bertz CT molecular complexity index is 555. The number of carbonyl (C=O) groups excluding carboxylic acids is 1. The number of carbonyl (C=O) groups is 1. The van der Waals surface area contributed by atoms with Crippen molar-refractivity contribution in [3.8, 4) is 0 Å². The summed E-state index contributed by atoms with van der Waals surface area (Å²) in [5.74, 6) is -0.481. The van der Waals surface area contributed by atoms with Crippen molar-refractivity contribution >= 4 is 23.3 Å². The Labute approximate surface area is 141 Å². The number of urea groups is 1. The highest BCUT2D eigenvalue weighted by atomic mass is 35.5. The van der Waals surface area contributed by atoms with Gasteiger partial charge in [0.05, 0.1) is 5.02 Å². The number of piperazine rings is 1. The summed E-state index contributed by atoms with van der Waals surface area (Å²) in [7, 11) is 0. The van der Waals surface area contributed by atoms with Gasteiger partial charge in [-0.25, -0.2) is 9.18 Å². The average Bonchev–Trinajstić information content (AvgIpc) is 2.59. The van der Waals surface area contributed by atoms with E-state index in [0.29, 0.717) is 11.7 Å². The summed E-state index contributed by atoms with van der Waals surface area (Å²) in [6.07, 6.45) is 6.60. The number of benzene rings is 1. The Morgan fingerprint density at radius 2 is 1.83 bits per heavy atom. The lowest BCUT2D eigenvalue weighted by Crippen LogP contribution is -2.53. The topological polar surface area (TPSA) is 35.6 Å². The van der Waals surface area contributed by atoms with Crippen molar-refractivity contribution in [2.75, 3.05) is 31.5 Å². The first kappa shape index (κ1) is 16.5. The molecule has 0 bridgehead atoms. The number of anilines is 1. The molecule has 0 spiro atoms. The summed E-state index contributed by atoms with van der Waals surface area (Å²) >= 11 is 5.74. The smallest absolute Gasteiger partial charge is 0.321 e. The predicted molar refractivity (Wildman–Crippen MR) is 90.4 cm³/mol. The molecule has 6 heteroatoms. The molecule has 4 nitrogen and oxygen atoms in total. The Morgan fingerprint density at radius 3 is 2.48 bits per heavy atom. The second-order valence-corrected chi connectivity index (χ2v) is 6.78. The minimum atomic E-state index is -0.481. The second-order valence-electron chi connectivity index (χ2n) is 6.37. The van der Waals surface area contributed by atoms with Crippen LogP contribution in [0, 0.1) is 5.82 Å². The normalized spacial score (nSPS) is 20.5. The zero-order valence-electron chi connectivity index (χ0n) is 13.2. The lowest BCUT2D eigenvalue weighted by atomic mass is 9.94. The Balaban J connectivity index is 1.50. The van der Waals surface area contributed by atoms with Gasteiger partial charge >= 0.3 is 6.03 Å². The third kappa shape index (κ3) is 4.15. The molecule has 0 atom stereocenters. The van der Waals surface area contributed by atoms with Gasteiger partial charge in [-0.05, 0) is 31.0 Å². The quantitative estimate of drug-likeness (QED) is 0.885. The van der Waals surface area contributed by atoms with Crippen molar-refractivity contribution in [3.05, 3.63) is 29.0 Å². The summed E-state index contributed by atoms with van der Waals surface area (Å²) in [6.45, 7) is 3.33. The summed E-state index contributed by atoms with van der Waals surface area (Å²) in [5.41, 5.74) is 0.524. The number of nitrogens with zero attached hydrogens (tertiary/aromatic N) is 2. The van der Waals surface area contributed by atoms with Crippen molar-refractivity contribution in [1.29, 1.82) is 0 Å². The van der Waals surface area contributed by atoms with E-state index in [2.05, 4.69) is 10.2 Å². The SMILES string of the molecule is O=C(Nc1ccc(F)c(Cl)c1)N1CCN(C2CCCCC2)CC1. The molecule has 1 saturated carbocycles. The average molecular weight is 340 g/mol. The Hall–Kier alpha value is -1.33. The van der Waals surface area contributed by atoms with Crippen LogP contribution in [-0.2, 0) is 0 Å². The predicted octanol–water partition coefficient (Wildman–Crippen LogP) is 3.96. The molecule has 2 amide bonds. The number of nitrogens with one attached hydrogen (secondary N) is 1. The van der Waals surface area contributed by atoms with Crippen molar-refractivity contribution in [2.45, 2.75) is 38.1 Å². The van der Waals surface area contributed by atoms with Crippen LogP contribution >= 0.6 is 11.6 Å². The molecule has 1 heterocycles. The van der Waals surface area contributed by atoms with Gasteiger partial charge in [-0.3, -0.25) is 4.90 Å². The maximum absolute atomic E-state index is 13.2. The lowest BCUT2D eigenvalue weighted by molar-refractivity contribution is 0.0943. The van der Waals surface area contributed by atoms with Gasteiger partial charge < -0.3 is 10.2 Å². The molecule has 2 fully saturated rings. The van der Waals surface area contributed by atoms with Crippen LogP contribution in [0.15, 0.2) is 18.2 Å². The zero-order valence-corrected chi connectivity index (χ0v) is 14.0. The van der Waals surface area contributed by atoms with Crippen molar-refractivity contribution < 1.29 is 9.18 Å². The summed E-state index contributed by atoms with van der Waals surface area (Å²) < 4.78 is 13.2. The Kier molecular flexibility index (Phi) is 5.38. The molecule has 1 aliphatic heterocycles. The Morgan fingerprint density at radius 1 is 1.13 bits per heavy atom. The largest absolute Gasteiger partial charge is 0.322 e. The standard InChI is InChI=1S/C17H23ClFN3O/c18-15-12-13(6-7-16(15)19)20-17(23)22-10-8-21(9-11-22)14-4-2-1-3-5-14/h6-7,12,14H,1-5,8-11H2,(H,20,23). The van der Waals surface area contributed by atoms with Gasteiger partial charge in [0.15, 0.2) is 0 Å².